The van der Waals surface area contributed by atoms with Gasteiger partial charge in [0.15, 0.2) is 6.10 Å². The van der Waals surface area contributed by atoms with Crippen molar-refractivity contribution < 1.29 is 42.0 Å². The van der Waals surface area contributed by atoms with Gasteiger partial charge in [-0.15, -0.1) is 0 Å². The standard InChI is InChI=1S/C6H10O9S/c7-3-2(15-16(11,12)13)1-14-5(4(3)8)6(9)10/h2-5,7-8H,1H2,(H,9,10)(H,11,12,13)/t2?,3-,4-,5?/m1/s1. The molecule has 10 heteroatoms. The minimum Gasteiger partial charge on any atom is -0.479 e. The highest BCUT2D eigenvalue weighted by Gasteiger charge is 2.44. The summed E-state index contributed by atoms with van der Waals surface area (Å²) in [5.74, 6) is -1.50. The molecule has 1 heterocycles. The van der Waals surface area contributed by atoms with Crippen molar-refractivity contribution in [1.29, 1.82) is 0 Å². The van der Waals surface area contributed by atoms with Gasteiger partial charge in [0.2, 0.25) is 0 Å². The predicted octanol–water partition coefficient (Wildman–Crippen LogP) is -2.62. The van der Waals surface area contributed by atoms with E-state index in [9.17, 15) is 23.4 Å². The summed E-state index contributed by atoms with van der Waals surface area (Å²) in [6.45, 7) is -0.588. The molecule has 1 rings (SSSR count). The van der Waals surface area contributed by atoms with Crippen LogP contribution in [0.4, 0.5) is 0 Å². The Balaban J connectivity index is 2.72. The number of hydrogen-bond donors (Lipinski definition) is 4. The zero-order valence-electron chi connectivity index (χ0n) is 7.75. The average Bonchev–Trinajstić information content (AvgIpc) is 2.10. The highest BCUT2D eigenvalue weighted by atomic mass is 32.3. The van der Waals surface area contributed by atoms with Crippen LogP contribution in [-0.4, -0.2) is 65.3 Å². The van der Waals surface area contributed by atoms with Gasteiger partial charge in [0, 0.05) is 0 Å². The van der Waals surface area contributed by atoms with E-state index in [0.29, 0.717) is 0 Å². The third-order valence-electron chi connectivity index (χ3n) is 1.97. The lowest BCUT2D eigenvalue weighted by Crippen LogP contribution is -2.56. The Morgan fingerprint density at radius 2 is 1.88 bits per heavy atom. The number of aliphatic carboxylic acids is 1. The molecular formula is C6H10O9S. The van der Waals surface area contributed by atoms with Crippen LogP contribution in [0, 0.1) is 0 Å². The lowest BCUT2D eigenvalue weighted by atomic mass is 10.0. The summed E-state index contributed by atoms with van der Waals surface area (Å²) < 4.78 is 37.6. The third kappa shape index (κ3) is 3.10. The summed E-state index contributed by atoms with van der Waals surface area (Å²) in [6, 6.07) is 0. The molecule has 0 aromatic heterocycles. The number of hydrogen-bond acceptors (Lipinski definition) is 7. The molecule has 0 aromatic carbocycles. The third-order valence-corrected chi connectivity index (χ3v) is 2.46. The summed E-state index contributed by atoms with van der Waals surface area (Å²) in [4.78, 5) is 10.5. The van der Waals surface area contributed by atoms with Gasteiger partial charge in [0.05, 0.1) is 6.61 Å². The van der Waals surface area contributed by atoms with Gasteiger partial charge in [-0.1, -0.05) is 0 Å². The van der Waals surface area contributed by atoms with Crippen molar-refractivity contribution in [3.05, 3.63) is 0 Å². The molecule has 1 fully saturated rings. The van der Waals surface area contributed by atoms with E-state index in [1.165, 1.54) is 0 Å². The van der Waals surface area contributed by atoms with Crippen LogP contribution in [0.5, 0.6) is 0 Å². The summed E-state index contributed by atoms with van der Waals surface area (Å²) in [6.07, 6.45) is -6.87. The van der Waals surface area contributed by atoms with Crippen LogP contribution in [-0.2, 0) is 24.1 Å². The normalized spacial score (nSPS) is 35.9. The Labute approximate surface area is 90.2 Å². The van der Waals surface area contributed by atoms with Crippen LogP contribution in [0.15, 0.2) is 0 Å². The molecule has 4 atom stereocenters. The second-order valence-corrected chi connectivity index (χ2v) is 4.18. The van der Waals surface area contributed by atoms with Gasteiger partial charge >= 0.3 is 16.4 Å². The smallest absolute Gasteiger partial charge is 0.397 e. The van der Waals surface area contributed by atoms with Crippen molar-refractivity contribution in [3.8, 4) is 0 Å². The number of carboxylic acid groups (broad SMARTS) is 1. The van der Waals surface area contributed by atoms with E-state index in [0.717, 1.165) is 0 Å². The fraction of sp³-hybridized carbons (Fsp3) is 0.833. The van der Waals surface area contributed by atoms with Gasteiger partial charge in [0.25, 0.3) is 0 Å². The van der Waals surface area contributed by atoms with E-state index < -0.39 is 47.4 Å². The molecule has 1 aliphatic rings. The summed E-state index contributed by atoms with van der Waals surface area (Å²) in [5.41, 5.74) is 0. The predicted molar refractivity (Wildman–Crippen MR) is 45.8 cm³/mol. The first-order chi connectivity index (χ1) is 7.22. The molecule has 4 N–H and O–H groups in total. The van der Waals surface area contributed by atoms with Crippen LogP contribution < -0.4 is 0 Å². The molecule has 0 aliphatic carbocycles. The first-order valence-corrected chi connectivity index (χ1v) is 5.45. The molecule has 0 amide bonds. The lowest BCUT2D eigenvalue weighted by Gasteiger charge is -2.34. The van der Waals surface area contributed by atoms with E-state index >= 15 is 0 Å². The van der Waals surface area contributed by atoms with E-state index in [2.05, 4.69) is 8.92 Å². The molecule has 1 saturated heterocycles. The molecule has 9 nitrogen and oxygen atoms in total. The minimum absolute atomic E-state index is 0.588. The lowest BCUT2D eigenvalue weighted by molar-refractivity contribution is -0.197. The van der Waals surface area contributed by atoms with Gasteiger partial charge in [-0.2, -0.15) is 8.42 Å². The van der Waals surface area contributed by atoms with Crippen molar-refractivity contribution >= 4 is 16.4 Å². The molecular weight excluding hydrogens is 248 g/mol. The van der Waals surface area contributed by atoms with Crippen molar-refractivity contribution in [2.24, 2.45) is 0 Å². The van der Waals surface area contributed by atoms with E-state index in [1.807, 2.05) is 0 Å². The van der Waals surface area contributed by atoms with E-state index in [1.54, 1.807) is 0 Å². The number of ether oxygens (including phenoxy) is 1. The number of rotatable bonds is 3. The van der Waals surface area contributed by atoms with Gasteiger partial charge in [-0.05, 0) is 0 Å². The van der Waals surface area contributed by atoms with Crippen molar-refractivity contribution in [3.63, 3.8) is 0 Å². The van der Waals surface area contributed by atoms with Crippen LogP contribution >= 0.6 is 0 Å². The average molecular weight is 258 g/mol. The maximum atomic E-state index is 10.5. The van der Waals surface area contributed by atoms with E-state index in [4.69, 9.17) is 9.66 Å². The second-order valence-electron chi connectivity index (χ2n) is 3.14. The SMILES string of the molecule is O=C(O)C1OCC(OS(=O)(=O)O)[C@@H](O)[C@H]1O. The van der Waals surface area contributed by atoms with Crippen molar-refractivity contribution in [1.82, 2.24) is 0 Å². The van der Waals surface area contributed by atoms with Crippen molar-refractivity contribution in [2.75, 3.05) is 6.61 Å². The van der Waals surface area contributed by atoms with Crippen LogP contribution in [0.2, 0.25) is 0 Å². The first kappa shape index (κ1) is 13.3. The van der Waals surface area contributed by atoms with Gasteiger partial charge in [-0.25, -0.2) is 8.98 Å². The van der Waals surface area contributed by atoms with Crippen LogP contribution in [0.1, 0.15) is 0 Å². The molecule has 0 radical (unpaired) electrons. The fourth-order valence-corrected chi connectivity index (χ4v) is 1.73. The number of carbonyl (C=O) groups is 1. The quantitative estimate of drug-likeness (QED) is 0.399. The summed E-state index contributed by atoms with van der Waals surface area (Å²) in [5, 5.41) is 27.1. The topological polar surface area (TPSA) is 151 Å². The molecule has 94 valence electrons. The molecule has 1 aliphatic heterocycles. The summed E-state index contributed by atoms with van der Waals surface area (Å²) in [7, 11) is -4.82. The molecule has 0 saturated carbocycles. The highest BCUT2D eigenvalue weighted by Crippen LogP contribution is 2.19. The van der Waals surface area contributed by atoms with Crippen LogP contribution in [0.25, 0.3) is 0 Å². The van der Waals surface area contributed by atoms with Gasteiger partial charge < -0.3 is 20.1 Å². The highest BCUT2D eigenvalue weighted by molar-refractivity contribution is 7.80. The molecule has 2 unspecified atom stereocenters. The Bertz CT molecular complexity index is 362. The maximum Gasteiger partial charge on any atom is 0.397 e. The number of aliphatic hydroxyl groups excluding tert-OH is 2. The second kappa shape index (κ2) is 4.61. The molecule has 0 aromatic rings. The largest absolute Gasteiger partial charge is 0.479 e. The number of aliphatic hydroxyl groups is 2. The maximum absolute atomic E-state index is 10.5. The van der Waals surface area contributed by atoms with Crippen LogP contribution in [0.3, 0.4) is 0 Å². The Morgan fingerprint density at radius 3 is 2.31 bits per heavy atom. The number of carboxylic acids is 1. The van der Waals surface area contributed by atoms with Gasteiger partial charge in [0.1, 0.15) is 18.3 Å². The molecule has 0 spiro atoms. The Morgan fingerprint density at radius 1 is 1.31 bits per heavy atom. The fourth-order valence-electron chi connectivity index (χ4n) is 1.25. The van der Waals surface area contributed by atoms with Gasteiger partial charge in [-0.3, -0.25) is 4.55 Å². The minimum atomic E-state index is -4.82. The Kier molecular flexibility index (Phi) is 3.83. The first-order valence-electron chi connectivity index (χ1n) is 4.08. The zero-order valence-corrected chi connectivity index (χ0v) is 8.57. The zero-order chi connectivity index (χ0) is 12.5. The van der Waals surface area contributed by atoms with Crippen molar-refractivity contribution in [2.45, 2.75) is 24.4 Å². The molecule has 16 heavy (non-hydrogen) atoms. The summed E-state index contributed by atoms with van der Waals surface area (Å²) >= 11 is 0. The monoisotopic (exact) mass is 258 g/mol. The molecule has 0 bridgehead atoms. The Hall–Kier alpha value is -0.780. The van der Waals surface area contributed by atoms with E-state index in [-0.39, 0.29) is 0 Å².